The maximum absolute atomic E-state index is 9.86. The Kier molecular flexibility index (Phi) is 1.71. The van der Waals surface area contributed by atoms with Crippen molar-refractivity contribution in [2.45, 2.75) is 20.8 Å². The molecule has 74 valence electrons. The first-order valence-electron chi connectivity index (χ1n) is 4.43. The number of aryl methyl sites for hydroxylation is 1. The van der Waals surface area contributed by atoms with Gasteiger partial charge in [0.05, 0.1) is 11.6 Å². The van der Waals surface area contributed by atoms with Crippen LogP contribution in [0.3, 0.4) is 0 Å². The van der Waals surface area contributed by atoms with Crippen LogP contribution < -0.4 is 0 Å². The molecule has 0 radical (unpaired) electrons. The van der Waals surface area contributed by atoms with Crippen LogP contribution in [0, 0.1) is 20.8 Å². The maximum Gasteiger partial charge on any atom is 0.179 e. The van der Waals surface area contributed by atoms with Crippen molar-refractivity contribution in [2.24, 2.45) is 0 Å². The average Bonchev–Trinajstić information content (AvgIpc) is 2.54. The molecule has 2 N–H and O–H groups in total. The quantitative estimate of drug-likeness (QED) is 0.631. The van der Waals surface area contributed by atoms with Crippen LogP contribution >= 0.6 is 0 Å². The van der Waals surface area contributed by atoms with E-state index in [9.17, 15) is 10.2 Å². The molecule has 2 aromatic rings. The standard InChI is InChI=1S/C11H12O3/c1-5-4-14-11-8(5)9(12)6(2)7(3)10(11)13/h4,12-13H,1-3H3. The molecule has 0 aliphatic heterocycles. The Morgan fingerprint density at radius 1 is 1.00 bits per heavy atom. The van der Waals surface area contributed by atoms with E-state index in [1.807, 2.05) is 6.92 Å². The van der Waals surface area contributed by atoms with Crippen molar-refractivity contribution >= 4 is 11.0 Å². The van der Waals surface area contributed by atoms with E-state index in [-0.39, 0.29) is 11.5 Å². The lowest BCUT2D eigenvalue weighted by atomic mass is 10.0. The predicted octanol–water partition coefficient (Wildman–Crippen LogP) is 2.77. The third-order valence-electron chi connectivity index (χ3n) is 2.70. The van der Waals surface area contributed by atoms with Gasteiger partial charge in [-0.15, -0.1) is 0 Å². The fourth-order valence-corrected chi connectivity index (χ4v) is 1.63. The third kappa shape index (κ3) is 0.923. The molecule has 1 heterocycles. The number of hydrogen-bond donors (Lipinski definition) is 2. The molecule has 14 heavy (non-hydrogen) atoms. The van der Waals surface area contributed by atoms with Gasteiger partial charge in [0.25, 0.3) is 0 Å². The molecule has 2 rings (SSSR count). The lowest BCUT2D eigenvalue weighted by Crippen LogP contribution is -1.85. The first-order chi connectivity index (χ1) is 6.54. The molecule has 0 saturated carbocycles. The van der Waals surface area contributed by atoms with Crippen molar-refractivity contribution in [3.8, 4) is 11.5 Å². The Labute approximate surface area is 81.6 Å². The van der Waals surface area contributed by atoms with E-state index in [1.165, 1.54) is 6.26 Å². The van der Waals surface area contributed by atoms with Crippen molar-refractivity contribution in [1.29, 1.82) is 0 Å². The zero-order valence-corrected chi connectivity index (χ0v) is 8.38. The molecular weight excluding hydrogens is 180 g/mol. The van der Waals surface area contributed by atoms with Gasteiger partial charge in [-0.05, 0) is 31.9 Å². The fourth-order valence-electron chi connectivity index (χ4n) is 1.63. The van der Waals surface area contributed by atoms with Crippen molar-refractivity contribution in [2.75, 3.05) is 0 Å². The fraction of sp³-hybridized carbons (Fsp3) is 0.273. The molecule has 0 bridgehead atoms. The summed E-state index contributed by atoms with van der Waals surface area (Å²) in [6.45, 7) is 5.36. The second-order valence-electron chi connectivity index (χ2n) is 3.57. The summed E-state index contributed by atoms with van der Waals surface area (Å²) in [5.74, 6) is 0.310. The minimum atomic E-state index is 0.114. The van der Waals surface area contributed by atoms with Gasteiger partial charge < -0.3 is 14.6 Å². The van der Waals surface area contributed by atoms with E-state index < -0.39 is 0 Å². The molecule has 1 aromatic heterocycles. The summed E-state index contributed by atoms with van der Waals surface area (Å²) in [6, 6.07) is 0. The van der Waals surface area contributed by atoms with Crippen LogP contribution in [0.15, 0.2) is 10.7 Å². The van der Waals surface area contributed by atoms with Gasteiger partial charge in [0.2, 0.25) is 0 Å². The third-order valence-corrected chi connectivity index (χ3v) is 2.70. The van der Waals surface area contributed by atoms with Crippen molar-refractivity contribution in [3.05, 3.63) is 23.0 Å². The zero-order valence-electron chi connectivity index (χ0n) is 8.38. The molecule has 0 spiro atoms. The smallest absolute Gasteiger partial charge is 0.179 e. The van der Waals surface area contributed by atoms with Crippen LogP contribution in [-0.4, -0.2) is 10.2 Å². The van der Waals surface area contributed by atoms with Gasteiger partial charge in [-0.25, -0.2) is 0 Å². The van der Waals surface area contributed by atoms with Gasteiger partial charge in [-0.2, -0.15) is 0 Å². The number of aromatic hydroxyl groups is 2. The largest absolute Gasteiger partial charge is 0.507 e. The normalized spacial score (nSPS) is 11.1. The van der Waals surface area contributed by atoms with Gasteiger partial charge >= 0.3 is 0 Å². The van der Waals surface area contributed by atoms with Crippen LogP contribution in [-0.2, 0) is 0 Å². The number of rotatable bonds is 0. The lowest BCUT2D eigenvalue weighted by Gasteiger charge is -2.07. The summed E-state index contributed by atoms with van der Waals surface area (Å²) < 4.78 is 5.19. The lowest BCUT2D eigenvalue weighted by molar-refractivity contribution is 0.451. The molecule has 0 aliphatic rings. The highest BCUT2D eigenvalue weighted by molar-refractivity contribution is 5.93. The minimum absolute atomic E-state index is 0.114. The number of phenolic OH excluding ortho intramolecular Hbond substituents is 2. The summed E-state index contributed by atoms with van der Waals surface area (Å²) >= 11 is 0. The van der Waals surface area contributed by atoms with E-state index in [2.05, 4.69) is 0 Å². The highest BCUT2D eigenvalue weighted by atomic mass is 16.3. The van der Waals surface area contributed by atoms with Gasteiger partial charge in [0.15, 0.2) is 11.3 Å². The first kappa shape index (κ1) is 8.94. The van der Waals surface area contributed by atoms with E-state index in [1.54, 1.807) is 13.8 Å². The number of furan rings is 1. The summed E-state index contributed by atoms with van der Waals surface area (Å²) in [5.41, 5.74) is 2.54. The monoisotopic (exact) mass is 192 g/mol. The second kappa shape index (κ2) is 2.67. The molecule has 0 aliphatic carbocycles. The second-order valence-corrected chi connectivity index (χ2v) is 3.57. The maximum atomic E-state index is 9.86. The molecule has 0 fully saturated rings. The Balaban J connectivity index is 3.05. The van der Waals surface area contributed by atoms with E-state index in [4.69, 9.17) is 4.42 Å². The molecule has 0 saturated heterocycles. The number of benzene rings is 1. The molecule has 1 aromatic carbocycles. The van der Waals surface area contributed by atoms with Crippen molar-refractivity contribution in [1.82, 2.24) is 0 Å². The van der Waals surface area contributed by atoms with Crippen LogP contribution in [0.1, 0.15) is 16.7 Å². The molecule has 3 nitrogen and oxygen atoms in total. The molecule has 0 unspecified atom stereocenters. The zero-order chi connectivity index (χ0) is 10.5. The Hall–Kier alpha value is -1.64. The molecular formula is C11H12O3. The summed E-state index contributed by atoms with van der Waals surface area (Å²) in [4.78, 5) is 0. The van der Waals surface area contributed by atoms with E-state index in [0.29, 0.717) is 22.1 Å². The Bertz CT molecular complexity index is 509. The first-order valence-corrected chi connectivity index (χ1v) is 4.43. The van der Waals surface area contributed by atoms with Gasteiger partial charge in [-0.3, -0.25) is 0 Å². The van der Waals surface area contributed by atoms with E-state index >= 15 is 0 Å². The van der Waals surface area contributed by atoms with Crippen molar-refractivity contribution in [3.63, 3.8) is 0 Å². The number of phenols is 2. The molecule has 3 heteroatoms. The minimum Gasteiger partial charge on any atom is -0.507 e. The summed E-state index contributed by atoms with van der Waals surface area (Å²) in [7, 11) is 0. The predicted molar refractivity (Wildman–Crippen MR) is 53.8 cm³/mol. The van der Waals surface area contributed by atoms with Gasteiger partial charge in [0.1, 0.15) is 5.75 Å². The highest BCUT2D eigenvalue weighted by Gasteiger charge is 2.17. The van der Waals surface area contributed by atoms with Crippen molar-refractivity contribution < 1.29 is 14.6 Å². The molecule has 0 amide bonds. The van der Waals surface area contributed by atoms with E-state index in [0.717, 1.165) is 5.56 Å². The topological polar surface area (TPSA) is 53.6 Å². The SMILES string of the molecule is Cc1c(C)c(O)c2c(C)coc2c1O. The summed E-state index contributed by atoms with van der Waals surface area (Å²) in [5, 5.41) is 20.2. The highest BCUT2D eigenvalue weighted by Crippen LogP contribution is 2.40. The van der Waals surface area contributed by atoms with Crippen LogP contribution in [0.2, 0.25) is 0 Å². The van der Waals surface area contributed by atoms with Crippen LogP contribution in [0.5, 0.6) is 11.5 Å². The van der Waals surface area contributed by atoms with Crippen LogP contribution in [0.25, 0.3) is 11.0 Å². The van der Waals surface area contributed by atoms with Crippen LogP contribution in [0.4, 0.5) is 0 Å². The Morgan fingerprint density at radius 2 is 1.57 bits per heavy atom. The number of fused-ring (bicyclic) bond motifs is 1. The molecule has 0 atom stereocenters. The van der Waals surface area contributed by atoms with Gasteiger partial charge in [-0.1, -0.05) is 0 Å². The Morgan fingerprint density at radius 3 is 2.21 bits per heavy atom. The van der Waals surface area contributed by atoms with Gasteiger partial charge in [0, 0.05) is 5.56 Å². The summed E-state index contributed by atoms with van der Waals surface area (Å²) in [6.07, 6.45) is 1.53. The number of hydrogen-bond acceptors (Lipinski definition) is 3. The average molecular weight is 192 g/mol.